The third kappa shape index (κ3) is 2.86. The summed E-state index contributed by atoms with van der Waals surface area (Å²) in [4.78, 5) is 17.3. The van der Waals surface area contributed by atoms with E-state index in [4.69, 9.17) is 0 Å². The molecule has 1 fully saturated rings. The van der Waals surface area contributed by atoms with Gasteiger partial charge in [-0.3, -0.25) is 4.79 Å². The van der Waals surface area contributed by atoms with Crippen molar-refractivity contribution in [3.05, 3.63) is 46.1 Å². The highest BCUT2D eigenvalue weighted by molar-refractivity contribution is 6.08. The first-order chi connectivity index (χ1) is 12.0. The van der Waals surface area contributed by atoms with Crippen molar-refractivity contribution in [3.63, 3.8) is 0 Å². The molecule has 1 aliphatic heterocycles. The van der Waals surface area contributed by atoms with Gasteiger partial charge in [0.1, 0.15) is 0 Å². The maximum absolute atomic E-state index is 14.0. The Hall–Kier alpha value is -2.14. The van der Waals surface area contributed by atoms with Gasteiger partial charge in [-0.2, -0.15) is 4.39 Å². The van der Waals surface area contributed by atoms with Crippen LogP contribution in [-0.2, 0) is 0 Å². The van der Waals surface area contributed by atoms with Crippen LogP contribution in [0.5, 0.6) is 0 Å². The standard InChI is InChI=1S/C20H24FN3O/c1-13(12-23-8-4-3-5-9-23)24-18-10-15(25)6-7-16(18)17-11-19(21)22-14(2)20(17)24/h6-7,10-11,13,22H,3-5,8-9,12H2,1-2H3. The SMILES string of the molecule is Cc1[nH]c(F)cc2c3ccc(=O)cc3n(C(C)CN3CCCCC3)c12. The predicted molar refractivity (Wildman–Crippen MR) is 99.8 cm³/mol. The number of piperidine rings is 1. The maximum Gasteiger partial charge on any atom is 0.191 e. The minimum Gasteiger partial charge on any atom is -0.335 e. The first-order valence-corrected chi connectivity index (χ1v) is 9.10. The third-order valence-electron chi connectivity index (χ3n) is 5.36. The Morgan fingerprint density at radius 3 is 2.68 bits per heavy atom. The summed E-state index contributed by atoms with van der Waals surface area (Å²) in [6.07, 6.45) is 3.82. The quantitative estimate of drug-likeness (QED) is 0.732. The number of aromatic nitrogens is 2. The lowest BCUT2D eigenvalue weighted by atomic mass is 10.1. The molecule has 0 amide bonds. The molecular formula is C20H24FN3O. The van der Waals surface area contributed by atoms with Crippen molar-refractivity contribution < 1.29 is 4.39 Å². The Labute approximate surface area is 146 Å². The van der Waals surface area contributed by atoms with E-state index in [-0.39, 0.29) is 17.4 Å². The van der Waals surface area contributed by atoms with Crippen molar-refractivity contribution in [2.24, 2.45) is 0 Å². The highest BCUT2D eigenvalue weighted by Crippen LogP contribution is 2.33. The molecule has 0 saturated carbocycles. The van der Waals surface area contributed by atoms with Gasteiger partial charge >= 0.3 is 0 Å². The van der Waals surface area contributed by atoms with Crippen LogP contribution in [0.1, 0.15) is 37.9 Å². The van der Waals surface area contributed by atoms with Crippen molar-refractivity contribution in [2.75, 3.05) is 19.6 Å². The number of rotatable bonds is 3. The van der Waals surface area contributed by atoms with Crippen LogP contribution in [0.4, 0.5) is 4.39 Å². The van der Waals surface area contributed by atoms with E-state index < -0.39 is 0 Å². The molecule has 0 bridgehead atoms. The number of nitrogens with zero attached hydrogens (tertiary/aromatic N) is 2. The fourth-order valence-corrected chi connectivity index (χ4v) is 4.30. The van der Waals surface area contributed by atoms with Crippen molar-refractivity contribution in [2.45, 2.75) is 39.2 Å². The summed E-state index contributed by atoms with van der Waals surface area (Å²) in [6.45, 7) is 7.29. The number of pyridine rings is 1. The van der Waals surface area contributed by atoms with E-state index in [0.717, 1.165) is 47.1 Å². The van der Waals surface area contributed by atoms with Gasteiger partial charge < -0.3 is 14.5 Å². The number of likely N-dealkylation sites (tertiary alicyclic amines) is 1. The van der Waals surface area contributed by atoms with E-state index in [1.807, 2.05) is 13.0 Å². The zero-order valence-electron chi connectivity index (χ0n) is 14.8. The summed E-state index contributed by atoms with van der Waals surface area (Å²) < 4.78 is 16.2. The molecule has 1 atom stereocenters. The van der Waals surface area contributed by atoms with Crippen LogP contribution < -0.4 is 5.43 Å². The highest BCUT2D eigenvalue weighted by Gasteiger charge is 2.21. The smallest absolute Gasteiger partial charge is 0.191 e. The van der Waals surface area contributed by atoms with Crippen LogP contribution in [0.15, 0.2) is 29.1 Å². The number of H-pyrrole nitrogens is 1. The summed E-state index contributed by atoms with van der Waals surface area (Å²) in [5.74, 6) is -0.348. The number of aromatic amines is 1. The molecule has 132 valence electrons. The Morgan fingerprint density at radius 1 is 1.16 bits per heavy atom. The molecule has 25 heavy (non-hydrogen) atoms. The zero-order chi connectivity index (χ0) is 17.6. The molecule has 0 radical (unpaired) electrons. The molecular weight excluding hydrogens is 317 g/mol. The molecule has 4 rings (SSSR count). The first-order valence-electron chi connectivity index (χ1n) is 9.10. The van der Waals surface area contributed by atoms with E-state index >= 15 is 0 Å². The second-order valence-corrected chi connectivity index (χ2v) is 7.26. The minimum absolute atomic E-state index is 0.0103. The monoisotopic (exact) mass is 341 g/mol. The molecule has 1 N–H and O–H groups in total. The molecule has 3 aromatic rings. The van der Waals surface area contributed by atoms with Crippen LogP contribution in [0.25, 0.3) is 21.8 Å². The van der Waals surface area contributed by atoms with Crippen LogP contribution in [0.3, 0.4) is 0 Å². The van der Waals surface area contributed by atoms with Gasteiger partial charge in [0.05, 0.1) is 11.0 Å². The number of nitrogens with one attached hydrogen (secondary N) is 1. The summed E-state index contributed by atoms with van der Waals surface area (Å²) in [7, 11) is 0. The number of hydrogen-bond acceptors (Lipinski definition) is 2. The molecule has 1 unspecified atom stereocenters. The minimum atomic E-state index is -0.348. The molecule has 2 aromatic heterocycles. The summed E-state index contributed by atoms with van der Waals surface area (Å²) in [6, 6.07) is 6.81. The lowest BCUT2D eigenvalue weighted by Gasteiger charge is -2.30. The lowest BCUT2D eigenvalue weighted by molar-refractivity contribution is 0.204. The Kier molecular flexibility index (Phi) is 4.12. The van der Waals surface area contributed by atoms with Gasteiger partial charge in [0, 0.05) is 41.2 Å². The Bertz CT molecular complexity index is 982. The Morgan fingerprint density at radius 2 is 1.92 bits per heavy atom. The van der Waals surface area contributed by atoms with Gasteiger partial charge in [0.2, 0.25) is 0 Å². The molecule has 0 aliphatic carbocycles. The van der Waals surface area contributed by atoms with E-state index in [2.05, 4.69) is 21.4 Å². The van der Waals surface area contributed by atoms with Crippen molar-refractivity contribution in [3.8, 4) is 0 Å². The second-order valence-electron chi connectivity index (χ2n) is 7.26. The van der Waals surface area contributed by atoms with Crippen molar-refractivity contribution in [1.29, 1.82) is 0 Å². The second kappa shape index (κ2) is 6.30. The van der Waals surface area contributed by atoms with Gasteiger partial charge in [-0.25, -0.2) is 0 Å². The van der Waals surface area contributed by atoms with Gasteiger partial charge in [0.15, 0.2) is 11.4 Å². The van der Waals surface area contributed by atoms with Crippen molar-refractivity contribution in [1.82, 2.24) is 14.5 Å². The fourth-order valence-electron chi connectivity index (χ4n) is 4.30. The number of benzene rings is 1. The van der Waals surface area contributed by atoms with Crippen molar-refractivity contribution >= 4 is 21.8 Å². The molecule has 1 saturated heterocycles. The first kappa shape index (κ1) is 16.3. The molecule has 4 nitrogen and oxygen atoms in total. The molecule has 1 aliphatic rings. The highest BCUT2D eigenvalue weighted by atomic mass is 19.1. The summed E-state index contributed by atoms with van der Waals surface area (Å²) >= 11 is 0. The van der Waals surface area contributed by atoms with E-state index in [1.165, 1.54) is 19.3 Å². The third-order valence-corrected chi connectivity index (χ3v) is 5.36. The topological polar surface area (TPSA) is 41.0 Å². The normalized spacial score (nSPS) is 17.4. The predicted octanol–water partition coefficient (Wildman–Crippen LogP) is 3.98. The average Bonchev–Trinajstić information content (AvgIpc) is 2.89. The number of hydrogen-bond donors (Lipinski definition) is 1. The van der Waals surface area contributed by atoms with Crippen LogP contribution in [0.2, 0.25) is 0 Å². The molecule has 0 spiro atoms. The van der Waals surface area contributed by atoms with Gasteiger partial charge in [-0.05, 0) is 51.9 Å². The fraction of sp³-hybridized carbons (Fsp3) is 0.450. The van der Waals surface area contributed by atoms with Crippen LogP contribution in [-0.4, -0.2) is 34.1 Å². The van der Waals surface area contributed by atoms with E-state index in [0.29, 0.717) is 0 Å². The van der Waals surface area contributed by atoms with Gasteiger partial charge in [-0.1, -0.05) is 6.42 Å². The van der Waals surface area contributed by atoms with Gasteiger partial charge in [-0.15, -0.1) is 0 Å². The average molecular weight is 341 g/mol. The summed E-state index contributed by atoms with van der Waals surface area (Å²) in [5, 5.41) is 1.81. The van der Waals surface area contributed by atoms with Crippen LogP contribution in [0, 0.1) is 12.9 Å². The zero-order valence-corrected chi connectivity index (χ0v) is 14.8. The van der Waals surface area contributed by atoms with E-state index in [1.54, 1.807) is 18.2 Å². The molecule has 1 aromatic carbocycles. The van der Waals surface area contributed by atoms with Crippen LogP contribution >= 0.6 is 0 Å². The Balaban J connectivity index is 1.90. The molecule has 3 heterocycles. The number of fused-ring (bicyclic) bond motifs is 3. The number of aryl methyl sites for hydroxylation is 1. The number of halogens is 1. The van der Waals surface area contributed by atoms with Gasteiger partial charge in [0.25, 0.3) is 0 Å². The summed E-state index contributed by atoms with van der Waals surface area (Å²) in [5.41, 5.74) is 2.67. The maximum atomic E-state index is 14.0. The lowest BCUT2D eigenvalue weighted by Crippen LogP contribution is -2.34. The largest absolute Gasteiger partial charge is 0.335 e. The van der Waals surface area contributed by atoms with E-state index in [9.17, 15) is 9.18 Å². The molecule has 5 heteroatoms.